The fourth-order valence-electron chi connectivity index (χ4n) is 7.87. The lowest BCUT2D eigenvalue weighted by Gasteiger charge is -2.09. The van der Waals surface area contributed by atoms with Gasteiger partial charge in [-0.1, -0.05) is 115 Å². The molecule has 12 aromatic rings. The van der Waals surface area contributed by atoms with Gasteiger partial charge < -0.3 is 8.83 Å². The summed E-state index contributed by atoms with van der Waals surface area (Å²) in [6, 6.07) is 55.3. The van der Waals surface area contributed by atoms with E-state index in [4.69, 9.17) is 33.8 Å². The molecule has 0 aliphatic rings. The van der Waals surface area contributed by atoms with Gasteiger partial charge in [-0.3, -0.25) is 0 Å². The molecule has 0 saturated carbocycles. The van der Waals surface area contributed by atoms with Crippen molar-refractivity contribution in [1.29, 1.82) is 0 Å². The molecule has 0 N–H and O–H groups in total. The van der Waals surface area contributed by atoms with Gasteiger partial charge in [0.1, 0.15) is 28.0 Å². The third kappa shape index (κ3) is 5.15. The Kier molecular flexibility index (Phi) is 6.96. The van der Waals surface area contributed by atoms with E-state index in [0.29, 0.717) is 28.9 Å². The molecule has 0 radical (unpaired) electrons. The topological polar surface area (TPSA) is 90.7 Å². The summed E-state index contributed by atoms with van der Waals surface area (Å²) in [6.45, 7) is 0. The molecule has 0 aliphatic carbocycles. The summed E-state index contributed by atoms with van der Waals surface area (Å²) in [6.07, 6.45) is 0. The highest BCUT2D eigenvalue weighted by Crippen LogP contribution is 2.41. The summed E-state index contributed by atoms with van der Waals surface area (Å²) < 4.78 is 15.3. The Hall–Kier alpha value is -7.55. The van der Waals surface area contributed by atoms with Crippen LogP contribution in [0.15, 0.2) is 173 Å². The first-order valence-corrected chi connectivity index (χ1v) is 19.5. The molecule has 0 unspecified atom stereocenters. The first-order valence-electron chi connectivity index (χ1n) is 18.7. The van der Waals surface area contributed by atoms with Crippen LogP contribution >= 0.6 is 11.3 Å². The van der Waals surface area contributed by atoms with Crippen molar-refractivity contribution >= 4 is 75.5 Å². The third-order valence-corrected chi connectivity index (χ3v) is 11.7. The molecule has 5 aromatic heterocycles. The second-order valence-electron chi connectivity index (χ2n) is 14.0. The fourth-order valence-corrected chi connectivity index (χ4v) is 9.02. The fraction of sp³-hybridized carbons (Fsp3) is 0. The molecule has 0 amide bonds. The van der Waals surface area contributed by atoms with Crippen molar-refractivity contribution in [2.45, 2.75) is 0 Å². The van der Waals surface area contributed by atoms with Gasteiger partial charge in [-0.05, 0) is 48.5 Å². The van der Waals surface area contributed by atoms with Gasteiger partial charge in [0.25, 0.3) is 0 Å². The largest absolute Gasteiger partial charge is 0.456 e. The number of rotatable bonds is 5. The zero-order valence-corrected chi connectivity index (χ0v) is 30.9. The maximum absolute atomic E-state index is 6.50. The summed E-state index contributed by atoms with van der Waals surface area (Å²) in [7, 11) is 0. The maximum Gasteiger partial charge on any atom is 0.180 e. The minimum atomic E-state index is 0.558. The Bertz CT molecular complexity index is 3540. The molecule has 7 nitrogen and oxygen atoms in total. The zero-order valence-electron chi connectivity index (χ0n) is 30.0. The van der Waals surface area contributed by atoms with E-state index in [-0.39, 0.29) is 0 Å². The van der Waals surface area contributed by atoms with Crippen LogP contribution < -0.4 is 0 Å². The van der Waals surface area contributed by atoms with Crippen LogP contribution in [0.3, 0.4) is 0 Å². The van der Waals surface area contributed by atoms with E-state index < -0.39 is 0 Å². The third-order valence-electron chi connectivity index (χ3n) is 10.6. The van der Waals surface area contributed by atoms with Crippen molar-refractivity contribution in [2.75, 3.05) is 0 Å². The van der Waals surface area contributed by atoms with Gasteiger partial charge in [-0.15, -0.1) is 11.3 Å². The molecule has 5 heterocycles. The molecular weight excluding hydrogens is 723 g/mol. The van der Waals surface area contributed by atoms with E-state index in [1.54, 1.807) is 11.3 Å². The van der Waals surface area contributed by atoms with Gasteiger partial charge in [-0.25, -0.2) is 24.9 Å². The predicted molar refractivity (Wildman–Crippen MR) is 230 cm³/mol. The number of hydrogen-bond donors (Lipinski definition) is 0. The Balaban J connectivity index is 1.06. The number of hydrogen-bond acceptors (Lipinski definition) is 8. The number of thiophene rings is 1. The number of furan rings is 2. The molecular formula is C49H27N5O2S. The van der Waals surface area contributed by atoms with Crippen molar-refractivity contribution in [3.05, 3.63) is 164 Å². The number of benzene rings is 7. The molecule has 8 heteroatoms. The highest BCUT2D eigenvalue weighted by atomic mass is 32.1. The minimum Gasteiger partial charge on any atom is -0.456 e. The first kappa shape index (κ1) is 31.8. The molecule has 0 atom stereocenters. The van der Waals surface area contributed by atoms with Crippen molar-refractivity contribution in [1.82, 2.24) is 24.9 Å². The normalized spacial score (nSPS) is 11.9. The summed E-state index contributed by atoms with van der Waals surface area (Å²) in [5.74, 6) is 2.35. The van der Waals surface area contributed by atoms with E-state index in [1.165, 1.54) is 20.2 Å². The van der Waals surface area contributed by atoms with E-state index >= 15 is 0 Å². The second-order valence-corrected chi connectivity index (χ2v) is 15.1. The summed E-state index contributed by atoms with van der Waals surface area (Å²) in [5, 5.41) is 5.24. The summed E-state index contributed by atoms with van der Waals surface area (Å²) in [4.78, 5) is 25.6. The Morgan fingerprint density at radius 1 is 0.368 bits per heavy atom. The molecule has 0 aliphatic heterocycles. The first-order chi connectivity index (χ1) is 28.2. The molecule has 12 rings (SSSR count). The SMILES string of the molecule is c1ccc(-c2nc(-c3ccc4c(c3)sc3ccccc34)nc(-c3cccc4oc5ccc(-c6nc(-c7ccccc7)c7oc8ccccc8c7n6)cc5c34)n2)cc1. The molecule has 0 spiro atoms. The van der Waals surface area contributed by atoms with E-state index in [0.717, 1.165) is 71.9 Å². The van der Waals surface area contributed by atoms with Crippen LogP contribution in [0, 0.1) is 0 Å². The lowest BCUT2D eigenvalue weighted by molar-refractivity contribution is 0.667. The zero-order chi connectivity index (χ0) is 37.5. The van der Waals surface area contributed by atoms with E-state index in [2.05, 4.69) is 54.6 Å². The summed E-state index contributed by atoms with van der Waals surface area (Å²) >= 11 is 1.78. The van der Waals surface area contributed by atoms with E-state index in [1.807, 2.05) is 109 Å². The van der Waals surface area contributed by atoms with Crippen LogP contribution in [0.2, 0.25) is 0 Å². The number of aromatic nitrogens is 5. The standard InChI is InChI=1S/C49H27N5O2S/c1-3-12-28(13-4-1)43-45-44(34-17-7-9-19-37(34)56-45)51-47(50-43)30-23-25-38-36(26-30)42-35(18-11-20-39(42)55-38)49-53-46(29-14-5-2-6-15-29)52-48(54-49)31-22-24-33-32-16-8-10-21-40(32)57-41(33)27-31/h1-27H. The lowest BCUT2D eigenvalue weighted by atomic mass is 10.0. The van der Waals surface area contributed by atoms with Crippen LogP contribution in [0.4, 0.5) is 0 Å². The van der Waals surface area contributed by atoms with Gasteiger partial charge in [0.15, 0.2) is 28.9 Å². The molecule has 57 heavy (non-hydrogen) atoms. The van der Waals surface area contributed by atoms with Crippen LogP contribution in [0.1, 0.15) is 0 Å². The number of nitrogens with zero attached hydrogens (tertiary/aromatic N) is 5. The highest BCUT2D eigenvalue weighted by Gasteiger charge is 2.21. The number of para-hydroxylation sites is 1. The molecule has 0 fully saturated rings. The number of fused-ring (bicyclic) bond motifs is 9. The Morgan fingerprint density at radius 3 is 1.86 bits per heavy atom. The molecule has 266 valence electrons. The quantitative estimate of drug-likeness (QED) is 0.173. The van der Waals surface area contributed by atoms with Gasteiger partial charge >= 0.3 is 0 Å². The van der Waals surface area contributed by atoms with Crippen molar-refractivity contribution < 1.29 is 8.83 Å². The minimum absolute atomic E-state index is 0.558. The Labute approximate surface area is 328 Å². The van der Waals surface area contributed by atoms with Crippen LogP contribution in [0.5, 0.6) is 0 Å². The average Bonchev–Trinajstić information content (AvgIpc) is 3.97. The van der Waals surface area contributed by atoms with Gasteiger partial charge in [0, 0.05) is 64.1 Å². The van der Waals surface area contributed by atoms with Crippen LogP contribution in [0.25, 0.3) is 121 Å². The monoisotopic (exact) mass is 749 g/mol. The Morgan fingerprint density at radius 2 is 1.00 bits per heavy atom. The van der Waals surface area contributed by atoms with Gasteiger partial charge in [0.05, 0.1) is 0 Å². The van der Waals surface area contributed by atoms with Gasteiger partial charge in [0.2, 0.25) is 0 Å². The van der Waals surface area contributed by atoms with E-state index in [9.17, 15) is 0 Å². The molecule has 0 bridgehead atoms. The van der Waals surface area contributed by atoms with Crippen LogP contribution in [-0.2, 0) is 0 Å². The highest BCUT2D eigenvalue weighted by molar-refractivity contribution is 7.25. The molecule has 0 saturated heterocycles. The van der Waals surface area contributed by atoms with Crippen molar-refractivity contribution in [2.24, 2.45) is 0 Å². The van der Waals surface area contributed by atoms with Gasteiger partial charge in [-0.2, -0.15) is 0 Å². The second kappa shape index (κ2) is 12.5. The maximum atomic E-state index is 6.50. The van der Waals surface area contributed by atoms with Crippen molar-refractivity contribution in [3.63, 3.8) is 0 Å². The molecule has 7 aromatic carbocycles. The average molecular weight is 750 g/mol. The van der Waals surface area contributed by atoms with Crippen molar-refractivity contribution in [3.8, 4) is 56.8 Å². The summed E-state index contributed by atoms with van der Waals surface area (Å²) in [5.41, 5.74) is 8.90. The lowest BCUT2D eigenvalue weighted by Crippen LogP contribution is -2.00. The van der Waals surface area contributed by atoms with Crippen LogP contribution in [-0.4, -0.2) is 24.9 Å². The predicted octanol–water partition coefficient (Wildman–Crippen LogP) is 13.2. The smallest absolute Gasteiger partial charge is 0.180 e.